The maximum Gasteiger partial charge on any atom is 0.0921 e. The van der Waals surface area contributed by atoms with Crippen LogP contribution in [-0.2, 0) is 0 Å². The predicted octanol–water partition coefficient (Wildman–Crippen LogP) is 8.95. The second-order valence-electron chi connectivity index (χ2n) is 6.91. The van der Waals surface area contributed by atoms with Gasteiger partial charge in [0.2, 0.25) is 0 Å². The monoisotopic (exact) mass is 430 g/mol. The molecule has 0 fully saturated rings. The molecule has 0 saturated heterocycles. The minimum absolute atomic E-state index is 0.567. The van der Waals surface area contributed by atoms with Crippen molar-refractivity contribution in [3.63, 3.8) is 0 Å². The Morgan fingerprint density at radius 3 is 1.39 bits per heavy atom. The number of hydrogen-bond donors (Lipinski definition) is 2. The fourth-order valence-electron chi connectivity index (χ4n) is 2.00. The topological polar surface area (TPSA) is 57.4 Å². The molecule has 0 unspecified atom stereocenters. The van der Waals surface area contributed by atoms with Crippen LogP contribution < -0.4 is 0 Å². The molecule has 4 nitrogen and oxygen atoms in total. The summed E-state index contributed by atoms with van der Waals surface area (Å²) in [5, 5.41) is 6.58. The standard InChI is InChI=1S/C9H12.2C6H10N2.3C2H6/c1-8(2)9-6-4-3-5-7-9;1-5(2)6-3-7-4-8-6;1-5(2)6-3-7-8-4-6;3*1-2/h3-8H,1-2H3;2*3-5H,1-2H3,(H,7,8);3*1-2H3. The Balaban J connectivity index is -0.000000338. The van der Waals surface area contributed by atoms with Gasteiger partial charge in [-0.15, -0.1) is 0 Å². The highest BCUT2D eigenvalue weighted by atomic mass is 15.1. The number of aromatic amines is 2. The molecule has 2 aromatic heterocycles. The number of benzene rings is 1. The van der Waals surface area contributed by atoms with Crippen molar-refractivity contribution < 1.29 is 0 Å². The quantitative estimate of drug-likeness (QED) is 0.435. The van der Waals surface area contributed by atoms with Gasteiger partial charge in [0.05, 0.1) is 12.5 Å². The lowest BCUT2D eigenvalue weighted by molar-refractivity contribution is 0.832. The normalized spacial score (nSPS) is 8.87. The molecular weight excluding hydrogens is 380 g/mol. The van der Waals surface area contributed by atoms with Gasteiger partial charge in [0.25, 0.3) is 0 Å². The first-order chi connectivity index (χ1) is 14.9. The molecule has 0 spiro atoms. The molecule has 3 rings (SSSR count). The number of imidazole rings is 1. The molecule has 0 bridgehead atoms. The maximum atomic E-state index is 3.89. The molecule has 3 aromatic rings. The van der Waals surface area contributed by atoms with Crippen LogP contribution in [-0.4, -0.2) is 20.2 Å². The van der Waals surface area contributed by atoms with Crippen LogP contribution in [0.1, 0.15) is 118 Å². The van der Waals surface area contributed by atoms with E-state index in [1.807, 2.05) is 66.2 Å². The Bertz CT molecular complexity index is 602. The van der Waals surface area contributed by atoms with Crippen LogP contribution in [0, 0.1) is 0 Å². The summed E-state index contributed by atoms with van der Waals surface area (Å²) in [5.41, 5.74) is 3.88. The zero-order chi connectivity index (χ0) is 24.7. The zero-order valence-electron chi connectivity index (χ0n) is 22.3. The molecule has 0 saturated carbocycles. The van der Waals surface area contributed by atoms with Gasteiger partial charge in [-0.1, -0.05) is 113 Å². The highest BCUT2D eigenvalue weighted by Gasteiger charge is 1.96. The fourth-order valence-corrected chi connectivity index (χ4v) is 2.00. The molecule has 0 amide bonds. The minimum Gasteiger partial charge on any atom is -0.348 e. The van der Waals surface area contributed by atoms with Crippen LogP contribution in [0.4, 0.5) is 0 Å². The Morgan fingerprint density at radius 2 is 1.16 bits per heavy atom. The van der Waals surface area contributed by atoms with E-state index in [0.717, 1.165) is 0 Å². The molecule has 178 valence electrons. The smallest absolute Gasteiger partial charge is 0.0921 e. The van der Waals surface area contributed by atoms with E-state index < -0.39 is 0 Å². The van der Waals surface area contributed by atoms with Gasteiger partial charge in [-0.05, 0) is 28.9 Å². The van der Waals surface area contributed by atoms with Gasteiger partial charge in [0.1, 0.15) is 0 Å². The maximum absolute atomic E-state index is 3.89. The van der Waals surface area contributed by atoms with E-state index in [1.54, 1.807) is 6.33 Å². The Morgan fingerprint density at radius 1 is 0.645 bits per heavy atom. The van der Waals surface area contributed by atoms with Crippen LogP contribution in [0.5, 0.6) is 0 Å². The van der Waals surface area contributed by atoms with Crippen molar-refractivity contribution in [2.75, 3.05) is 0 Å². The van der Waals surface area contributed by atoms with Crippen molar-refractivity contribution in [3.05, 3.63) is 72.1 Å². The van der Waals surface area contributed by atoms with Crippen LogP contribution in [0.3, 0.4) is 0 Å². The van der Waals surface area contributed by atoms with E-state index in [2.05, 4.69) is 86.0 Å². The van der Waals surface area contributed by atoms with Gasteiger partial charge in [-0.25, -0.2) is 4.98 Å². The number of aromatic nitrogens is 4. The Kier molecular flexibility index (Phi) is 25.7. The second kappa shape index (κ2) is 23.9. The van der Waals surface area contributed by atoms with E-state index in [9.17, 15) is 0 Å². The first-order valence-corrected chi connectivity index (χ1v) is 11.9. The molecule has 31 heavy (non-hydrogen) atoms. The highest BCUT2D eigenvalue weighted by molar-refractivity contribution is 5.17. The molecule has 0 aliphatic heterocycles. The van der Waals surface area contributed by atoms with E-state index in [-0.39, 0.29) is 0 Å². The largest absolute Gasteiger partial charge is 0.348 e. The van der Waals surface area contributed by atoms with Gasteiger partial charge < -0.3 is 4.98 Å². The highest BCUT2D eigenvalue weighted by Crippen LogP contribution is 2.12. The lowest BCUT2D eigenvalue weighted by Gasteiger charge is -2.01. The van der Waals surface area contributed by atoms with E-state index in [1.165, 1.54) is 16.8 Å². The van der Waals surface area contributed by atoms with Gasteiger partial charge >= 0.3 is 0 Å². The molecule has 0 radical (unpaired) electrons. The zero-order valence-corrected chi connectivity index (χ0v) is 22.3. The molecule has 0 aliphatic rings. The fraction of sp³-hybridized carbons (Fsp3) is 0.556. The summed E-state index contributed by atoms with van der Waals surface area (Å²) in [6, 6.07) is 10.5. The number of hydrogen-bond acceptors (Lipinski definition) is 2. The minimum atomic E-state index is 0.567. The van der Waals surface area contributed by atoms with E-state index >= 15 is 0 Å². The summed E-state index contributed by atoms with van der Waals surface area (Å²) in [5.74, 6) is 1.82. The molecular formula is C27H50N4. The first-order valence-electron chi connectivity index (χ1n) is 11.9. The van der Waals surface area contributed by atoms with E-state index in [4.69, 9.17) is 0 Å². The summed E-state index contributed by atoms with van der Waals surface area (Å²) < 4.78 is 0. The average molecular weight is 431 g/mol. The van der Waals surface area contributed by atoms with Crippen LogP contribution in [0.2, 0.25) is 0 Å². The van der Waals surface area contributed by atoms with Crippen LogP contribution in [0.15, 0.2) is 55.2 Å². The molecule has 2 heterocycles. The molecule has 0 atom stereocenters. The summed E-state index contributed by atoms with van der Waals surface area (Å²) in [6.45, 7) is 25.0. The number of rotatable bonds is 3. The third kappa shape index (κ3) is 18.2. The van der Waals surface area contributed by atoms with Gasteiger partial charge in [0.15, 0.2) is 0 Å². The first kappa shape index (κ1) is 33.3. The number of H-pyrrole nitrogens is 2. The van der Waals surface area contributed by atoms with Crippen molar-refractivity contribution >= 4 is 0 Å². The SMILES string of the molecule is CC.CC.CC.CC(C)c1ccccc1.CC(C)c1cn[nH]c1.CC(C)c1cnc[nH]1. The molecule has 1 aromatic carbocycles. The van der Waals surface area contributed by atoms with E-state index in [0.29, 0.717) is 17.8 Å². The summed E-state index contributed by atoms with van der Waals surface area (Å²) in [4.78, 5) is 6.91. The van der Waals surface area contributed by atoms with Gasteiger partial charge in [-0.3, -0.25) is 5.10 Å². The number of nitrogens with one attached hydrogen (secondary N) is 2. The summed E-state index contributed by atoms with van der Waals surface area (Å²) in [6.07, 6.45) is 7.33. The predicted molar refractivity (Wildman–Crippen MR) is 140 cm³/mol. The van der Waals surface area contributed by atoms with Crippen molar-refractivity contribution in [3.8, 4) is 0 Å². The Labute approximate surface area is 193 Å². The molecule has 4 heteroatoms. The van der Waals surface area contributed by atoms with Crippen molar-refractivity contribution in [1.82, 2.24) is 20.2 Å². The van der Waals surface area contributed by atoms with Crippen LogP contribution >= 0.6 is 0 Å². The van der Waals surface area contributed by atoms with Crippen molar-refractivity contribution in [2.24, 2.45) is 0 Å². The third-order valence-corrected chi connectivity index (χ3v) is 3.79. The summed E-state index contributed by atoms with van der Waals surface area (Å²) in [7, 11) is 0. The second-order valence-corrected chi connectivity index (χ2v) is 6.91. The molecule has 0 aliphatic carbocycles. The average Bonchev–Trinajstić information content (AvgIpc) is 3.54. The summed E-state index contributed by atoms with van der Waals surface area (Å²) >= 11 is 0. The molecule has 2 N–H and O–H groups in total. The Hall–Kier alpha value is -2.36. The van der Waals surface area contributed by atoms with Crippen molar-refractivity contribution in [2.45, 2.75) is 101 Å². The number of nitrogens with zero attached hydrogens (tertiary/aromatic N) is 2. The van der Waals surface area contributed by atoms with Gasteiger partial charge in [-0.2, -0.15) is 5.10 Å². The van der Waals surface area contributed by atoms with Crippen LogP contribution in [0.25, 0.3) is 0 Å². The van der Waals surface area contributed by atoms with Gasteiger partial charge in [0, 0.05) is 18.1 Å². The lowest BCUT2D eigenvalue weighted by atomic mass is 10.0. The lowest BCUT2D eigenvalue weighted by Crippen LogP contribution is -1.84. The van der Waals surface area contributed by atoms with Crippen molar-refractivity contribution in [1.29, 1.82) is 0 Å². The third-order valence-electron chi connectivity index (χ3n) is 3.79.